The molecular weight excluding hydrogens is 182 g/mol. The van der Waals surface area contributed by atoms with Gasteiger partial charge in [-0.1, -0.05) is 6.07 Å². The van der Waals surface area contributed by atoms with Crippen molar-refractivity contribution in [1.82, 2.24) is 5.32 Å². The van der Waals surface area contributed by atoms with Crippen LogP contribution in [0, 0.1) is 0 Å². The molecule has 0 fully saturated rings. The molecule has 0 saturated carbocycles. The summed E-state index contributed by atoms with van der Waals surface area (Å²) in [5.41, 5.74) is 0.278. The summed E-state index contributed by atoms with van der Waals surface area (Å²) in [7, 11) is 0. The highest BCUT2D eigenvalue weighted by molar-refractivity contribution is 5.97. The second kappa shape index (κ2) is 3.45. The molecule has 14 heavy (non-hydrogen) atoms. The Bertz CT molecular complexity index is 356. The number of anilines is 1. The summed E-state index contributed by atoms with van der Waals surface area (Å²) >= 11 is 0. The van der Waals surface area contributed by atoms with Gasteiger partial charge in [-0.3, -0.25) is 4.99 Å². The quantitative estimate of drug-likeness (QED) is 0.489. The zero-order valence-electron chi connectivity index (χ0n) is 7.49. The molecule has 2 rings (SSSR count). The number of aliphatic imine (C=N–C) groups is 1. The number of rotatable bonds is 1. The third-order valence-corrected chi connectivity index (χ3v) is 1.94. The lowest BCUT2D eigenvalue weighted by atomic mass is 10.2. The number of hydrogen-bond donors (Lipinski definition) is 4. The Labute approximate surface area is 81.1 Å². The van der Waals surface area contributed by atoms with Crippen LogP contribution in [0.4, 0.5) is 5.69 Å². The van der Waals surface area contributed by atoms with Crippen molar-refractivity contribution in [2.24, 2.45) is 4.99 Å². The first kappa shape index (κ1) is 8.68. The lowest BCUT2D eigenvalue weighted by Crippen LogP contribution is -2.26. The van der Waals surface area contributed by atoms with Crippen LogP contribution in [0.25, 0.3) is 0 Å². The van der Waals surface area contributed by atoms with Crippen molar-refractivity contribution in [3.05, 3.63) is 18.2 Å². The fraction of sp³-hybridized carbons (Fsp3) is 0.222. The van der Waals surface area contributed by atoms with Gasteiger partial charge in [-0.05, 0) is 12.1 Å². The molecule has 0 radical (unpaired) electrons. The van der Waals surface area contributed by atoms with E-state index in [0.29, 0.717) is 12.5 Å². The van der Waals surface area contributed by atoms with E-state index in [4.69, 9.17) is 0 Å². The maximum atomic E-state index is 9.45. The van der Waals surface area contributed by atoms with E-state index in [2.05, 4.69) is 15.6 Å². The van der Waals surface area contributed by atoms with Crippen LogP contribution in [0.15, 0.2) is 23.2 Å². The van der Waals surface area contributed by atoms with Crippen molar-refractivity contribution in [3.63, 3.8) is 0 Å². The first-order valence-corrected chi connectivity index (χ1v) is 4.33. The van der Waals surface area contributed by atoms with Crippen molar-refractivity contribution < 1.29 is 10.2 Å². The number of para-hydroxylation sites is 1. The minimum Gasteiger partial charge on any atom is -0.506 e. The van der Waals surface area contributed by atoms with E-state index in [0.717, 1.165) is 6.54 Å². The van der Waals surface area contributed by atoms with Crippen molar-refractivity contribution in [2.75, 3.05) is 18.4 Å². The molecule has 1 aliphatic rings. The molecule has 1 aromatic carbocycles. The molecule has 1 heterocycles. The van der Waals surface area contributed by atoms with Gasteiger partial charge in [0.1, 0.15) is 17.2 Å². The maximum absolute atomic E-state index is 9.45. The van der Waals surface area contributed by atoms with Gasteiger partial charge in [-0.25, -0.2) is 0 Å². The molecule has 0 bridgehead atoms. The van der Waals surface area contributed by atoms with Crippen LogP contribution in [0.5, 0.6) is 11.5 Å². The Morgan fingerprint density at radius 2 is 2.00 bits per heavy atom. The van der Waals surface area contributed by atoms with Crippen LogP contribution in [0.1, 0.15) is 0 Å². The topological polar surface area (TPSA) is 76.9 Å². The minimum atomic E-state index is 0.00130. The molecule has 0 unspecified atom stereocenters. The average Bonchev–Trinajstić information content (AvgIpc) is 2.64. The van der Waals surface area contributed by atoms with E-state index in [1.165, 1.54) is 12.1 Å². The number of nitrogens with one attached hydrogen (secondary N) is 2. The zero-order valence-corrected chi connectivity index (χ0v) is 7.49. The van der Waals surface area contributed by atoms with E-state index in [1.54, 1.807) is 6.07 Å². The largest absolute Gasteiger partial charge is 0.506 e. The van der Waals surface area contributed by atoms with Gasteiger partial charge in [0, 0.05) is 6.54 Å². The van der Waals surface area contributed by atoms with E-state index >= 15 is 0 Å². The molecule has 1 aromatic rings. The second-order valence-electron chi connectivity index (χ2n) is 2.95. The van der Waals surface area contributed by atoms with Crippen LogP contribution in [-0.4, -0.2) is 29.3 Å². The number of phenolic OH excluding ortho intramolecular Hbond substituents is 2. The third kappa shape index (κ3) is 1.56. The Morgan fingerprint density at radius 3 is 2.57 bits per heavy atom. The van der Waals surface area contributed by atoms with E-state index in [-0.39, 0.29) is 17.2 Å². The van der Waals surface area contributed by atoms with Crippen LogP contribution in [0.3, 0.4) is 0 Å². The summed E-state index contributed by atoms with van der Waals surface area (Å²) in [5, 5.41) is 24.7. The molecule has 0 aromatic heterocycles. The summed E-state index contributed by atoms with van der Waals surface area (Å²) in [6.07, 6.45) is 0. The van der Waals surface area contributed by atoms with Crippen molar-refractivity contribution >= 4 is 11.6 Å². The van der Waals surface area contributed by atoms with Crippen molar-refractivity contribution in [1.29, 1.82) is 0 Å². The van der Waals surface area contributed by atoms with Crippen LogP contribution in [-0.2, 0) is 0 Å². The third-order valence-electron chi connectivity index (χ3n) is 1.94. The van der Waals surface area contributed by atoms with E-state index in [1.807, 2.05) is 0 Å². The first-order chi connectivity index (χ1) is 6.77. The smallest absolute Gasteiger partial charge is 0.196 e. The number of aromatic hydroxyl groups is 2. The van der Waals surface area contributed by atoms with Gasteiger partial charge in [-0.15, -0.1) is 0 Å². The molecular formula is C9H11N3O2. The molecule has 0 saturated heterocycles. The molecule has 0 aliphatic carbocycles. The number of nitrogens with zero attached hydrogens (tertiary/aromatic N) is 1. The van der Waals surface area contributed by atoms with Gasteiger partial charge >= 0.3 is 0 Å². The normalized spacial score (nSPS) is 14.7. The molecule has 1 aliphatic heterocycles. The van der Waals surface area contributed by atoms with Gasteiger partial charge in [0.25, 0.3) is 0 Å². The van der Waals surface area contributed by atoms with E-state index in [9.17, 15) is 10.2 Å². The van der Waals surface area contributed by atoms with Crippen LogP contribution < -0.4 is 10.6 Å². The standard InChI is InChI=1S/C9H11N3O2/c13-6-2-1-3-7(14)8(6)12-9-10-4-5-11-9/h1-3,13-14H,4-5H2,(H2,10,11,12). The average molecular weight is 193 g/mol. The molecule has 0 atom stereocenters. The van der Waals surface area contributed by atoms with Gasteiger partial charge < -0.3 is 20.8 Å². The zero-order chi connectivity index (χ0) is 9.97. The number of phenols is 2. The van der Waals surface area contributed by atoms with E-state index < -0.39 is 0 Å². The first-order valence-electron chi connectivity index (χ1n) is 4.33. The number of guanidine groups is 1. The van der Waals surface area contributed by atoms with Crippen molar-refractivity contribution in [2.45, 2.75) is 0 Å². The fourth-order valence-corrected chi connectivity index (χ4v) is 1.26. The number of benzene rings is 1. The molecule has 74 valence electrons. The monoisotopic (exact) mass is 193 g/mol. The van der Waals surface area contributed by atoms with Gasteiger partial charge in [-0.2, -0.15) is 0 Å². The highest BCUT2D eigenvalue weighted by Crippen LogP contribution is 2.32. The SMILES string of the molecule is Oc1cccc(O)c1NC1=NCCN1. The Kier molecular flexibility index (Phi) is 2.14. The van der Waals surface area contributed by atoms with Gasteiger partial charge in [0.15, 0.2) is 5.96 Å². The Morgan fingerprint density at radius 1 is 1.29 bits per heavy atom. The lowest BCUT2D eigenvalue weighted by molar-refractivity contribution is 0.455. The van der Waals surface area contributed by atoms with Crippen LogP contribution in [0.2, 0.25) is 0 Å². The summed E-state index contributed by atoms with van der Waals surface area (Å²) in [4.78, 5) is 4.09. The highest BCUT2D eigenvalue weighted by Gasteiger charge is 2.10. The summed E-state index contributed by atoms with van der Waals surface area (Å²) in [6, 6.07) is 4.56. The van der Waals surface area contributed by atoms with Gasteiger partial charge in [0.2, 0.25) is 0 Å². The fourth-order valence-electron chi connectivity index (χ4n) is 1.26. The lowest BCUT2D eigenvalue weighted by Gasteiger charge is -2.09. The predicted octanol–water partition coefficient (Wildman–Crippen LogP) is 0.469. The molecule has 0 amide bonds. The maximum Gasteiger partial charge on any atom is 0.196 e. The summed E-state index contributed by atoms with van der Waals surface area (Å²) < 4.78 is 0. The Balaban J connectivity index is 2.23. The second-order valence-corrected chi connectivity index (χ2v) is 2.95. The van der Waals surface area contributed by atoms with Crippen molar-refractivity contribution in [3.8, 4) is 11.5 Å². The summed E-state index contributed by atoms with van der Waals surface area (Å²) in [5.74, 6) is 0.574. The highest BCUT2D eigenvalue weighted by atomic mass is 16.3. The van der Waals surface area contributed by atoms with Crippen LogP contribution >= 0.6 is 0 Å². The number of hydrogen-bond acceptors (Lipinski definition) is 5. The minimum absolute atomic E-state index is 0.00130. The predicted molar refractivity (Wildman–Crippen MR) is 53.7 cm³/mol. The molecule has 4 N–H and O–H groups in total. The molecule has 5 heteroatoms. The molecule has 0 spiro atoms. The molecule has 5 nitrogen and oxygen atoms in total. The Hall–Kier alpha value is -1.91. The van der Waals surface area contributed by atoms with Gasteiger partial charge in [0.05, 0.1) is 6.54 Å². The summed E-state index contributed by atoms with van der Waals surface area (Å²) in [6.45, 7) is 1.48.